The number of anilines is 1. The van der Waals surface area contributed by atoms with Crippen molar-refractivity contribution in [1.82, 2.24) is 40.1 Å². The number of amides is 1. The van der Waals surface area contributed by atoms with E-state index in [1.807, 2.05) is 36.4 Å². The van der Waals surface area contributed by atoms with Crippen molar-refractivity contribution in [3.63, 3.8) is 0 Å². The number of H-pyrrole nitrogens is 2. The first-order valence-corrected chi connectivity index (χ1v) is 13.6. The largest absolute Gasteiger partial charge is 0.336 e. The summed E-state index contributed by atoms with van der Waals surface area (Å²) in [6, 6.07) is 11.5. The summed E-state index contributed by atoms with van der Waals surface area (Å²) in [5, 5.41) is 10.6. The van der Waals surface area contributed by atoms with Crippen molar-refractivity contribution >= 4 is 33.7 Å². The number of pyridine rings is 4. The highest BCUT2D eigenvalue weighted by atomic mass is 16.1. The highest BCUT2D eigenvalue weighted by Crippen LogP contribution is 2.31. The molecule has 10 heteroatoms. The van der Waals surface area contributed by atoms with Crippen LogP contribution < -0.4 is 5.32 Å². The van der Waals surface area contributed by atoms with E-state index in [9.17, 15) is 4.79 Å². The molecule has 6 aromatic rings. The van der Waals surface area contributed by atoms with Crippen LogP contribution in [0.25, 0.3) is 56.1 Å². The number of fused-ring (bicyclic) bond motifs is 2. The molecule has 40 heavy (non-hydrogen) atoms. The summed E-state index contributed by atoms with van der Waals surface area (Å²) in [6.07, 6.45) is 15.2. The summed E-state index contributed by atoms with van der Waals surface area (Å²) < 4.78 is 0. The van der Waals surface area contributed by atoms with Gasteiger partial charge in [-0.25, -0.2) is 9.97 Å². The number of nitrogens with one attached hydrogen (secondary N) is 3. The lowest BCUT2D eigenvalue weighted by Gasteiger charge is -2.20. The number of rotatable bonds is 6. The fourth-order valence-corrected chi connectivity index (χ4v) is 5.50. The Morgan fingerprint density at radius 2 is 1.75 bits per heavy atom. The van der Waals surface area contributed by atoms with Crippen molar-refractivity contribution in [3.8, 4) is 34.0 Å². The van der Waals surface area contributed by atoms with Crippen molar-refractivity contribution in [2.45, 2.75) is 38.5 Å². The highest BCUT2D eigenvalue weighted by Gasteiger charge is 2.19. The summed E-state index contributed by atoms with van der Waals surface area (Å²) in [5.74, 6) is 1.10. The van der Waals surface area contributed by atoms with Gasteiger partial charge in [0.2, 0.25) is 5.91 Å². The third-order valence-corrected chi connectivity index (χ3v) is 7.48. The SMILES string of the molecule is O=C(CC1CCCCC1)Nc1cncc(-c2ccc3[nH]nc(-c4nc5c(-c6cccnc6)nccc5[nH]4)c3n2)c1. The molecule has 1 amide bonds. The van der Waals surface area contributed by atoms with Crippen LogP contribution in [0.1, 0.15) is 38.5 Å². The van der Waals surface area contributed by atoms with Crippen LogP contribution >= 0.6 is 0 Å². The van der Waals surface area contributed by atoms with Crippen LogP contribution in [-0.2, 0) is 4.79 Å². The average molecular weight is 530 g/mol. The second-order valence-corrected chi connectivity index (χ2v) is 10.3. The zero-order valence-electron chi connectivity index (χ0n) is 21.8. The summed E-state index contributed by atoms with van der Waals surface area (Å²) in [6.45, 7) is 0. The standard InChI is InChI=1S/C30H27N9O/c40-25(13-18-5-2-1-3-6-18)34-21-14-20(16-32-17-21)22-8-9-24-28(35-22)29(39-38-24)30-36-23-10-12-33-26(27(23)37-30)19-7-4-11-31-15-19/h4,7-12,14-18H,1-3,5-6,13H2,(H,34,40)(H,36,37)(H,38,39). The third kappa shape index (κ3) is 4.68. The van der Waals surface area contributed by atoms with Crippen molar-refractivity contribution in [2.75, 3.05) is 5.32 Å². The summed E-state index contributed by atoms with van der Waals surface area (Å²) in [4.78, 5) is 38.9. The number of carbonyl (C=O) groups is 1. The number of carbonyl (C=O) groups excluding carboxylic acids is 1. The number of aromatic amines is 2. The van der Waals surface area contributed by atoms with Crippen LogP contribution in [0.4, 0.5) is 5.69 Å². The van der Waals surface area contributed by atoms with Gasteiger partial charge in [0.05, 0.1) is 34.3 Å². The Kier molecular flexibility index (Phi) is 6.19. The number of imidazole rings is 1. The lowest BCUT2D eigenvalue weighted by atomic mass is 9.87. The monoisotopic (exact) mass is 529 g/mol. The fraction of sp³-hybridized carbons (Fsp3) is 0.233. The van der Waals surface area contributed by atoms with Gasteiger partial charge in [-0.1, -0.05) is 19.3 Å². The smallest absolute Gasteiger partial charge is 0.224 e. The quantitative estimate of drug-likeness (QED) is 0.243. The molecule has 10 nitrogen and oxygen atoms in total. The van der Waals surface area contributed by atoms with E-state index in [1.54, 1.807) is 31.0 Å². The van der Waals surface area contributed by atoms with Crippen LogP contribution in [-0.4, -0.2) is 46.0 Å². The fourth-order valence-electron chi connectivity index (χ4n) is 5.50. The summed E-state index contributed by atoms with van der Waals surface area (Å²) in [7, 11) is 0. The zero-order valence-corrected chi connectivity index (χ0v) is 21.8. The first-order chi connectivity index (χ1) is 19.7. The Bertz CT molecular complexity index is 1820. The van der Waals surface area contributed by atoms with Crippen LogP contribution in [0.5, 0.6) is 0 Å². The maximum absolute atomic E-state index is 12.7. The lowest BCUT2D eigenvalue weighted by molar-refractivity contribution is -0.117. The molecule has 1 aliphatic rings. The molecule has 0 saturated heterocycles. The molecule has 0 bridgehead atoms. The van der Waals surface area contributed by atoms with Gasteiger partial charge >= 0.3 is 0 Å². The van der Waals surface area contributed by atoms with E-state index in [1.165, 1.54) is 19.3 Å². The molecule has 1 aliphatic carbocycles. The predicted molar refractivity (Wildman–Crippen MR) is 153 cm³/mol. The Hall–Kier alpha value is -4.99. The number of aromatic nitrogens is 8. The Morgan fingerprint density at radius 3 is 2.62 bits per heavy atom. The second kappa shape index (κ2) is 10.3. The maximum Gasteiger partial charge on any atom is 0.224 e. The maximum atomic E-state index is 12.7. The van der Waals surface area contributed by atoms with Gasteiger partial charge in [-0.3, -0.25) is 24.8 Å². The van der Waals surface area contributed by atoms with Crippen molar-refractivity contribution < 1.29 is 4.79 Å². The normalized spacial score (nSPS) is 14.1. The van der Waals surface area contributed by atoms with Crippen molar-refractivity contribution in [2.24, 2.45) is 5.92 Å². The molecule has 1 fully saturated rings. The summed E-state index contributed by atoms with van der Waals surface area (Å²) >= 11 is 0. The van der Waals surface area contributed by atoms with E-state index in [0.717, 1.165) is 51.9 Å². The van der Waals surface area contributed by atoms with E-state index in [2.05, 4.69) is 35.5 Å². The minimum atomic E-state index is 0.0383. The Balaban J connectivity index is 1.19. The van der Waals surface area contributed by atoms with Crippen LogP contribution in [0.15, 0.2) is 67.4 Å². The van der Waals surface area contributed by atoms with E-state index < -0.39 is 0 Å². The predicted octanol–water partition coefficient (Wildman–Crippen LogP) is 5.93. The van der Waals surface area contributed by atoms with Gasteiger partial charge in [0.15, 0.2) is 11.5 Å². The highest BCUT2D eigenvalue weighted by molar-refractivity contribution is 5.95. The molecule has 6 heterocycles. The topological polar surface area (TPSA) is 138 Å². The number of hydrogen-bond donors (Lipinski definition) is 3. The first kappa shape index (κ1) is 24.1. The van der Waals surface area contributed by atoms with E-state index in [-0.39, 0.29) is 5.91 Å². The third-order valence-electron chi connectivity index (χ3n) is 7.48. The first-order valence-electron chi connectivity index (χ1n) is 13.6. The number of nitrogens with zero attached hydrogens (tertiary/aromatic N) is 6. The Morgan fingerprint density at radius 1 is 0.875 bits per heavy atom. The molecule has 0 atom stereocenters. The minimum Gasteiger partial charge on any atom is -0.336 e. The van der Waals surface area contributed by atoms with Gasteiger partial charge in [-0.2, -0.15) is 5.10 Å². The minimum absolute atomic E-state index is 0.0383. The van der Waals surface area contributed by atoms with Gasteiger partial charge in [0, 0.05) is 42.3 Å². The average Bonchev–Trinajstić information content (AvgIpc) is 3.62. The Labute approximate surface area is 229 Å². The van der Waals surface area contributed by atoms with E-state index in [4.69, 9.17) is 9.97 Å². The molecular weight excluding hydrogens is 502 g/mol. The summed E-state index contributed by atoms with van der Waals surface area (Å²) in [5.41, 5.74) is 7.48. The van der Waals surface area contributed by atoms with Gasteiger partial charge in [-0.15, -0.1) is 0 Å². The van der Waals surface area contributed by atoms with Crippen LogP contribution in [0, 0.1) is 5.92 Å². The van der Waals surface area contributed by atoms with Gasteiger partial charge in [-0.05, 0) is 55.2 Å². The van der Waals surface area contributed by atoms with Gasteiger partial charge in [0.1, 0.15) is 11.0 Å². The molecule has 6 aromatic heterocycles. The molecule has 198 valence electrons. The van der Waals surface area contributed by atoms with Crippen molar-refractivity contribution in [1.29, 1.82) is 0 Å². The van der Waals surface area contributed by atoms with Crippen LogP contribution in [0.3, 0.4) is 0 Å². The zero-order chi connectivity index (χ0) is 26.9. The second-order valence-electron chi connectivity index (χ2n) is 10.3. The van der Waals surface area contributed by atoms with E-state index >= 15 is 0 Å². The number of hydrogen-bond acceptors (Lipinski definition) is 7. The molecule has 7 rings (SSSR count). The molecule has 0 unspecified atom stereocenters. The van der Waals surface area contributed by atoms with Crippen molar-refractivity contribution in [3.05, 3.63) is 67.4 Å². The van der Waals surface area contributed by atoms with E-state index in [0.29, 0.717) is 35.1 Å². The molecule has 3 N–H and O–H groups in total. The van der Waals surface area contributed by atoms with Gasteiger partial charge < -0.3 is 10.3 Å². The van der Waals surface area contributed by atoms with Gasteiger partial charge in [0.25, 0.3) is 0 Å². The van der Waals surface area contributed by atoms with Crippen LogP contribution in [0.2, 0.25) is 0 Å². The molecule has 0 radical (unpaired) electrons. The molecular formula is C30H27N9O. The molecule has 0 aliphatic heterocycles. The lowest BCUT2D eigenvalue weighted by Crippen LogP contribution is -2.18. The molecule has 0 aromatic carbocycles. The molecule has 0 spiro atoms. The molecule has 1 saturated carbocycles.